The minimum absolute atomic E-state index is 0.0132. The monoisotopic (exact) mass is 587 g/mol. The van der Waals surface area contributed by atoms with E-state index in [9.17, 15) is 14.7 Å². The maximum Gasteiger partial charge on any atom is 0.261 e. The highest BCUT2D eigenvalue weighted by atomic mass is 32.2. The van der Waals surface area contributed by atoms with Crippen LogP contribution in [0.1, 0.15) is 67.3 Å². The van der Waals surface area contributed by atoms with Gasteiger partial charge in [-0.15, -0.1) is 10.2 Å². The van der Waals surface area contributed by atoms with Gasteiger partial charge in [0.25, 0.3) is 11.8 Å². The number of ether oxygens (including phenoxy) is 2. The molecule has 2 aliphatic heterocycles. The number of aromatic nitrogens is 2. The molecule has 0 unspecified atom stereocenters. The number of nitrogens with zero attached hydrogens (tertiary/aromatic N) is 3. The summed E-state index contributed by atoms with van der Waals surface area (Å²) in [5.41, 5.74) is 4.43. The maximum absolute atomic E-state index is 12.8. The Balaban J connectivity index is 1.20. The summed E-state index contributed by atoms with van der Waals surface area (Å²) in [6.45, 7) is 4.25. The van der Waals surface area contributed by atoms with Gasteiger partial charge in [-0.1, -0.05) is 90.7 Å². The summed E-state index contributed by atoms with van der Waals surface area (Å²) in [6.07, 6.45) is -0.950. The largest absolute Gasteiger partial charge is 0.392 e. The number of rotatable bonds is 8. The van der Waals surface area contributed by atoms with Crippen molar-refractivity contribution in [3.8, 4) is 0 Å². The summed E-state index contributed by atoms with van der Waals surface area (Å²) in [5.74, 6) is 0.201. The summed E-state index contributed by atoms with van der Waals surface area (Å²) in [5, 5.41) is 18.8. The predicted molar refractivity (Wildman–Crippen MR) is 155 cm³/mol. The van der Waals surface area contributed by atoms with Gasteiger partial charge in [-0.05, 0) is 35.7 Å². The van der Waals surface area contributed by atoms with Crippen LogP contribution in [0.2, 0.25) is 0 Å². The fourth-order valence-corrected chi connectivity index (χ4v) is 7.15. The van der Waals surface area contributed by atoms with Crippen LogP contribution in [-0.4, -0.2) is 43.9 Å². The molecule has 1 N–H and O–H groups in total. The molecular formula is C31H29N3O5S2. The fourth-order valence-electron chi connectivity index (χ4n) is 5.15. The predicted octanol–water partition coefficient (Wildman–Crippen LogP) is 5.72. The van der Waals surface area contributed by atoms with Gasteiger partial charge in [-0.2, -0.15) is 0 Å². The van der Waals surface area contributed by atoms with Crippen LogP contribution in [0.4, 0.5) is 0 Å². The van der Waals surface area contributed by atoms with E-state index in [1.165, 1.54) is 4.90 Å². The lowest BCUT2D eigenvalue weighted by Crippen LogP contribution is -2.38. The highest BCUT2D eigenvalue weighted by Crippen LogP contribution is 2.43. The molecule has 2 aliphatic rings. The normalized spacial score (nSPS) is 22.3. The lowest BCUT2D eigenvalue weighted by Gasteiger charge is -2.41. The first-order valence-corrected chi connectivity index (χ1v) is 15.2. The number of hydrogen-bond acceptors (Lipinski definition) is 9. The number of aryl methyl sites for hydroxylation is 1. The molecule has 41 heavy (non-hydrogen) atoms. The number of carbonyl (C=O) groups is 2. The van der Waals surface area contributed by atoms with E-state index in [1.807, 2.05) is 55.5 Å². The molecule has 4 atom stereocenters. The molecule has 1 saturated heterocycles. The summed E-state index contributed by atoms with van der Waals surface area (Å²) >= 11 is 3.19. The topological polar surface area (TPSA) is 102 Å². The molecule has 2 amide bonds. The van der Waals surface area contributed by atoms with E-state index in [-0.39, 0.29) is 43.1 Å². The third kappa shape index (κ3) is 5.71. The highest BCUT2D eigenvalue weighted by Gasteiger charge is 2.39. The van der Waals surface area contributed by atoms with Crippen LogP contribution in [0.3, 0.4) is 0 Å². The van der Waals surface area contributed by atoms with E-state index >= 15 is 0 Å². The van der Waals surface area contributed by atoms with E-state index in [0.29, 0.717) is 16.9 Å². The summed E-state index contributed by atoms with van der Waals surface area (Å²) in [7, 11) is 0. The second-order valence-electron chi connectivity index (χ2n) is 10.2. The molecule has 1 fully saturated rings. The zero-order chi connectivity index (χ0) is 28.5. The Kier molecular flexibility index (Phi) is 8.01. The Morgan fingerprint density at radius 2 is 1.51 bits per heavy atom. The van der Waals surface area contributed by atoms with Crippen LogP contribution in [0, 0.1) is 12.8 Å². The van der Waals surface area contributed by atoms with Crippen molar-refractivity contribution in [2.45, 2.75) is 49.8 Å². The molecule has 0 spiro atoms. The number of aliphatic hydroxyl groups is 1. The van der Waals surface area contributed by atoms with Crippen molar-refractivity contribution in [3.63, 3.8) is 0 Å². The molecule has 3 heterocycles. The van der Waals surface area contributed by atoms with E-state index in [1.54, 1.807) is 47.4 Å². The van der Waals surface area contributed by atoms with Crippen LogP contribution in [0.25, 0.3) is 0 Å². The van der Waals surface area contributed by atoms with Crippen molar-refractivity contribution in [1.82, 2.24) is 15.1 Å². The quantitative estimate of drug-likeness (QED) is 0.206. The zero-order valence-corrected chi connectivity index (χ0v) is 24.2. The molecule has 0 radical (unpaired) electrons. The Hall–Kier alpha value is -3.41. The minimum atomic E-state index is -0.608. The number of amides is 2. The van der Waals surface area contributed by atoms with Gasteiger partial charge in [-0.3, -0.25) is 14.5 Å². The van der Waals surface area contributed by atoms with Crippen LogP contribution in [0.15, 0.2) is 77.1 Å². The average molecular weight is 588 g/mol. The van der Waals surface area contributed by atoms with Crippen LogP contribution < -0.4 is 0 Å². The molecular weight excluding hydrogens is 558 g/mol. The Bertz CT molecular complexity index is 1520. The summed E-state index contributed by atoms with van der Waals surface area (Å²) in [4.78, 5) is 26.9. The van der Waals surface area contributed by atoms with Crippen molar-refractivity contribution in [3.05, 3.63) is 111 Å². The third-order valence-electron chi connectivity index (χ3n) is 7.47. The van der Waals surface area contributed by atoms with Gasteiger partial charge in [0.1, 0.15) is 5.01 Å². The standard InChI is InChI=1S/C31H29N3O5S2/c1-18-26(17-40-31-33-32-19(2)41-31)38-30(39-27(18)22-11-9-21(16-35)10-12-22)23-13-7-20(8-14-23)15-34-28(36)24-5-3-4-6-25(24)29(34)37/h3-14,18,26-27,30,35H,15-17H2,1-2H3/t18-,26+,27+,30+/m0/s1. The molecule has 3 aromatic carbocycles. The molecule has 4 aromatic rings. The van der Waals surface area contributed by atoms with E-state index < -0.39 is 6.29 Å². The smallest absolute Gasteiger partial charge is 0.261 e. The lowest BCUT2D eigenvalue weighted by molar-refractivity contribution is -0.268. The molecule has 1 aromatic heterocycles. The number of imide groups is 1. The molecule has 210 valence electrons. The number of benzene rings is 3. The van der Waals surface area contributed by atoms with E-state index in [2.05, 4.69) is 17.1 Å². The second-order valence-corrected chi connectivity index (χ2v) is 12.7. The zero-order valence-electron chi connectivity index (χ0n) is 22.6. The second kappa shape index (κ2) is 11.8. The van der Waals surface area contributed by atoms with Crippen molar-refractivity contribution in [2.24, 2.45) is 5.92 Å². The van der Waals surface area contributed by atoms with Gasteiger partial charge in [0, 0.05) is 17.2 Å². The first kappa shape index (κ1) is 27.7. The SMILES string of the molecule is Cc1nnc(SC[C@H]2O[C@@H](c3ccc(CN4C(=O)c5ccccc5C4=O)cc3)O[C@@H](c3ccc(CO)cc3)[C@H]2C)s1. The first-order valence-electron chi connectivity index (χ1n) is 13.4. The van der Waals surface area contributed by atoms with Crippen molar-refractivity contribution < 1.29 is 24.2 Å². The average Bonchev–Trinajstić information content (AvgIpc) is 3.53. The van der Waals surface area contributed by atoms with Crippen LogP contribution in [0.5, 0.6) is 0 Å². The number of aliphatic hydroxyl groups excluding tert-OH is 1. The van der Waals surface area contributed by atoms with Crippen molar-refractivity contribution >= 4 is 34.9 Å². The van der Waals surface area contributed by atoms with E-state index in [4.69, 9.17) is 9.47 Å². The van der Waals surface area contributed by atoms with Gasteiger partial charge in [0.15, 0.2) is 10.6 Å². The first-order chi connectivity index (χ1) is 19.9. The number of hydrogen-bond donors (Lipinski definition) is 1. The third-order valence-corrected chi connectivity index (χ3v) is 9.53. The Morgan fingerprint density at radius 3 is 2.12 bits per heavy atom. The summed E-state index contributed by atoms with van der Waals surface area (Å²) in [6, 6.07) is 22.4. The fraction of sp³-hybridized carbons (Fsp3) is 0.290. The molecule has 10 heteroatoms. The van der Waals surface area contributed by atoms with Crippen LogP contribution >= 0.6 is 23.1 Å². The summed E-state index contributed by atoms with van der Waals surface area (Å²) < 4.78 is 14.0. The number of thioether (sulfide) groups is 1. The maximum atomic E-state index is 12.8. The van der Waals surface area contributed by atoms with Crippen LogP contribution in [-0.2, 0) is 22.6 Å². The Labute approximate surface area is 246 Å². The van der Waals surface area contributed by atoms with Crippen molar-refractivity contribution in [2.75, 3.05) is 5.75 Å². The van der Waals surface area contributed by atoms with E-state index in [0.717, 1.165) is 31.6 Å². The number of carbonyl (C=O) groups excluding carboxylic acids is 2. The number of fused-ring (bicyclic) bond motifs is 1. The van der Waals surface area contributed by atoms with Gasteiger partial charge in [0.05, 0.1) is 36.5 Å². The molecule has 0 aliphatic carbocycles. The molecule has 0 bridgehead atoms. The van der Waals surface area contributed by atoms with Gasteiger partial charge < -0.3 is 14.6 Å². The molecule has 8 nitrogen and oxygen atoms in total. The molecule has 0 saturated carbocycles. The van der Waals surface area contributed by atoms with Gasteiger partial charge in [0.2, 0.25) is 0 Å². The molecule has 6 rings (SSSR count). The minimum Gasteiger partial charge on any atom is -0.392 e. The van der Waals surface area contributed by atoms with Crippen molar-refractivity contribution in [1.29, 1.82) is 0 Å². The lowest BCUT2D eigenvalue weighted by atomic mass is 9.91. The highest BCUT2D eigenvalue weighted by molar-refractivity contribution is 8.01. The van der Waals surface area contributed by atoms with Gasteiger partial charge in [-0.25, -0.2) is 0 Å². The Morgan fingerprint density at radius 1 is 0.878 bits per heavy atom. The van der Waals surface area contributed by atoms with Gasteiger partial charge >= 0.3 is 0 Å².